The van der Waals surface area contributed by atoms with Crippen LogP contribution in [0.5, 0.6) is 0 Å². The third-order valence-electron chi connectivity index (χ3n) is 9.94. The lowest BCUT2D eigenvalue weighted by Crippen LogP contribution is -2.37. The van der Waals surface area contributed by atoms with Crippen LogP contribution in [-0.2, 0) is 32.7 Å². The number of carbonyl (C=O) groups is 2. The standard InChI is InChI=1S/C46H88NO8P/c1-6-8-10-12-14-16-18-20-21-22-23-24-25-27-29-31-33-35-37-39-46(49)55-44(43-54-56(50,51)53-41-40-47(3,4)5)42-52-45(48)38-36-34-32-30-28-26-19-17-15-13-11-9-7-2/h17,19-21,44H,6-16,18,22-43H2,1-5H3/b19-17-,21-20-/t44-/m1/s1. The molecule has 1 unspecified atom stereocenters. The maximum absolute atomic E-state index is 12.7. The Morgan fingerprint density at radius 1 is 0.536 bits per heavy atom. The number of esters is 2. The summed E-state index contributed by atoms with van der Waals surface area (Å²) < 4.78 is 33.9. The zero-order valence-electron chi connectivity index (χ0n) is 37.1. The summed E-state index contributed by atoms with van der Waals surface area (Å²) in [5, 5.41) is 0. The summed E-state index contributed by atoms with van der Waals surface area (Å²) >= 11 is 0. The molecule has 0 spiro atoms. The maximum atomic E-state index is 12.7. The Bertz CT molecular complexity index is 1010. The summed E-state index contributed by atoms with van der Waals surface area (Å²) in [4.78, 5) is 37.5. The van der Waals surface area contributed by atoms with Crippen LogP contribution in [0.15, 0.2) is 24.3 Å². The molecule has 0 aliphatic heterocycles. The van der Waals surface area contributed by atoms with Gasteiger partial charge in [0.1, 0.15) is 19.8 Å². The lowest BCUT2D eigenvalue weighted by molar-refractivity contribution is -0.870. The normalized spacial score (nSPS) is 13.8. The van der Waals surface area contributed by atoms with Gasteiger partial charge in [0.15, 0.2) is 6.10 Å². The van der Waals surface area contributed by atoms with Crippen LogP contribution in [0.1, 0.15) is 206 Å². The Kier molecular flexibility index (Phi) is 37.9. The molecule has 0 N–H and O–H groups in total. The number of unbranched alkanes of at least 4 members (excludes halogenated alkanes) is 24. The van der Waals surface area contributed by atoms with E-state index in [4.69, 9.17) is 18.5 Å². The highest BCUT2D eigenvalue weighted by Crippen LogP contribution is 2.38. The third kappa shape index (κ3) is 42.1. The average molecular weight is 814 g/mol. The van der Waals surface area contributed by atoms with Crippen LogP contribution in [0.25, 0.3) is 0 Å². The summed E-state index contributed by atoms with van der Waals surface area (Å²) in [5.74, 6) is -0.842. The lowest BCUT2D eigenvalue weighted by Gasteiger charge is -2.28. The van der Waals surface area contributed by atoms with Crippen molar-refractivity contribution in [2.24, 2.45) is 0 Å². The molecular formula is C46H88NO8P. The number of phosphoric acid groups is 1. The second-order valence-electron chi connectivity index (χ2n) is 16.8. The number of likely N-dealkylation sites (N-methyl/N-ethyl adjacent to an activating group) is 1. The van der Waals surface area contributed by atoms with Crippen molar-refractivity contribution in [3.63, 3.8) is 0 Å². The monoisotopic (exact) mass is 814 g/mol. The first kappa shape index (κ1) is 54.5. The van der Waals surface area contributed by atoms with Gasteiger partial charge in [-0.25, -0.2) is 0 Å². The number of allylic oxidation sites excluding steroid dienone is 4. The quantitative estimate of drug-likeness (QED) is 0.0197. The van der Waals surface area contributed by atoms with E-state index in [1.165, 1.54) is 116 Å². The van der Waals surface area contributed by atoms with E-state index in [0.717, 1.165) is 57.8 Å². The Balaban J connectivity index is 4.31. The summed E-state index contributed by atoms with van der Waals surface area (Å²) in [6.07, 6.45) is 42.0. The SMILES string of the molecule is CCCCCC/C=C\CCCCCCCC(=O)OC[C@H](COP(=O)([O-])OCC[N+](C)(C)C)OC(=O)CCCCCCCCCCC/C=C\CCCCCCCC. The van der Waals surface area contributed by atoms with E-state index < -0.39 is 32.5 Å². The highest BCUT2D eigenvalue weighted by Gasteiger charge is 2.21. The van der Waals surface area contributed by atoms with Crippen LogP contribution in [0.4, 0.5) is 0 Å². The molecule has 10 heteroatoms. The minimum absolute atomic E-state index is 0.0312. The molecule has 0 aromatic carbocycles. The molecule has 0 saturated carbocycles. The van der Waals surface area contributed by atoms with Gasteiger partial charge in [0.05, 0.1) is 27.7 Å². The van der Waals surface area contributed by atoms with E-state index in [1.807, 2.05) is 21.1 Å². The van der Waals surface area contributed by atoms with Crippen LogP contribution in [0.3, 0.4) is 0 Å². The fourth-order valence-electron chi connectivity index (χ4n) is 6.29. The Hall–Kier alpha value is -1.51. The first-order valence-electron chi connectivity index (χ1n) is 23.0. The molecule has 0 aromatic heterocycles. The van der Waals surface area contributed by atoms with E-state index in [2.05, 4.69) is 38.2 Å². The topological polar surface area (TPSA) is 111 Å². The molecule has 2 atom stereocenters. The van der Waals surface area contributed by atoms with Crippen molar-refractivity contribution in [1.29, 1.82) is 0 Å². The number of hydrogen-bond acceptors (Lipinski definition) is 8. The summed E-state index contributed by atoms with van der Waals surface area (Å²) in [6.45, 7) is 4.21. The predicted molar refractivity (Wildman–Crippen MR) is 231 cm³/mol. The third-order valence-corrected chi connectivity index (χ3v) is 10.9. The molecule has 0 aliphatic rings. The van der Waals surface area contributed by atoms with Crippen molar-refractivity contribution in [1.82, 2.24) is 0 Å². The number of quaternary nitrogens is 1. The van der Waals surface area contributed by atoms with Gasteiger partial charge in [-0.3, -0.25) is 14.2 Å². The number of ether oxygens (including phenoxy) is 2. The lowest BCUT2D eigenvalue weighted by atomic mass is 10.1. The van der Waals surface area contributed by atoms with E-state index in [-0.39, 0.29) is 26.1 Å². The molecule has 0 rings (SSSR count). The van der Waals surface area contributed by atoms with Gasteiger partial charge in [0, 0.05) is 12.8 Å². The molecule has 330 valence electrons. The molecule has 0 aliphatic carbocycles. The molecular weight excluding hydrogens is 725 g/mol. The molecule has 0 amide bonds. The molecule has 0 radical (unpaired) electrons. The highest BCUT2D eigenvalue weighted by atomic mass is 31.2. The summed E-state index contributed by atoms with van der Waals surface area (Å²) in [6, 6.07) is 0. The van der Waals surface area contributed by atoms with Gasteiger partial charge in [0.25, 0.3) is 7.82 Å². The average Bonchev–Trinajstić information content (AvgIpc) is 3.15. The maximum Gasteiger partial charge on any atom is 0.306 e. The summed E-state index contributed by atoms with van der Waals surface area (Å²) in [5.41, 5.74) is 0. The van der Waals surface area contributed by atoms with Crippen LogP contribution < -0.4 is 4.89 Å². The molecule has 56 heavy (non-hydrogen) atoms. The molecule has 0 bridgehead atoms. The molecule has 0 fully saturated rings. The van der Waals surface area contributed by atoms with Gasteiger partial charge in [-0.05, 0) is 64.2 Å². The van der Waals surface area contributed by atoms with Gasteiger partial charge in [-0.2, -0.15) is 0 Å². The van der Waals surface area contributed by atoms with Crippen molar-refractivity contribution >= 4 is 19.8 Å². The van der Waals surface area contributed by atoms with Crippen molar-refractivity contribution in [2.75, 3.05) is 47.5 Å². The van der Waals surface area contributed by atoms with Crippen LogP contribution in [0, 0.1) is 0 Å². The molecule has 0 aromatic rings. The second kappa shape index (κ2) is 39.0. The second-order valence-corrected chi connectivity index (χ2v) is 18.2. The van der Waals surface area contributed by atoms with Gasteiger partial charge in [0.2, 0.25) is 0 Å². The van der Waals surface area contributed by atoms with E-state index >= 15 is 0 Å². The Labute approximate surface area is 345 Å². The van der Waals surface area contributed by atoms with Crippen LogP contribution in [0.2, 0.25) is 0 Å². The zero-order valence-corrected chi connectivity index (χ0v) is 38.0. The Morgan fingerprint density at radius 3 is 1.34 bits per heavy atom. The largest absolute Gasteiger partial charge is 0.756 e. The fourth-order valence-corrected chi connectivity index (χ4v) is 7.02. The van der Waals surface area contributed by atoms with Gasteiger partial charge < -0.3 is 27.9 Å². The van der Waals surface area contributed by atoms with Crippen molar-refractivity contribution in [3.8, 4) is 0 Å². The van der Waals surface area contributed by atoms with Gasteiger partial charge in [-0.1, -0.05) is 154 Å². The fraction of sp³-hybridized carbons (Fsp3) is 0.870. The van der Waals surface area contributed by atoms with Crippen molar-refractivity contribution in [3.05, 3.63) is 24.3 Å². The first-order chi connectivity index (χ1) is 27.0. The number of hydrogen-bond donors (Lipinski definition) is 0. The van der Waals surface area contributed by atoms with Crippen molar-refractivity contribution < 1.29 is 42.1 Å². The molecule has 0 heterocycles. The minimum Gasteiger partial charge on any atom is -0.756 e. The summed E-state index contributed by atoms with van der Waals surface area (Å²) in [7, 11) is 1.16. The van der Waals surface area contributed by atoms with Crippen LogP contribution >= 0.6 is 7.82 Å². The number of carbonyl (C=O) groups excluding carboxylic acids is 2. The van der Waals surface area contributed by atoms with Crippen molar-refractivity contribution in [2.45, 2.75) is 213 Å². The Morgan fingerprint density at radius 2 is 0.911 bits per heavy atom. The van der Waals surface area contributed by atoms with Gasteiger partial charge in [-0.15, -0.1) is 0 Å². The van der Waals surface area contributed by atoms with Crippen LogP contribution in [-0.4, -0.2) is 70.0 Å². The predicted octanol–water partition coefficient (Wildman–Crippen LogP) is 12.5. The smallest absolute Gasteiger partial charge is 0.306 e. The van der Waals surface area contributed by atoms with Gasteiger partial charge >= 0.3 is 11.9 Å². The number of rotatable bonds is 42. The van der Waals surface area contributed by atoms with E-state index in [0.29, 0.717) is 17.4 Å². The number of nitrogens with zero attached hydrogens (tertiary/aromatic N) is 1. The molecule has 0 saturated heterocycles. The van der Waals surface area contributed by atoms with E-state index in [9.17, 15) is 19.0 Å². The molecule has 9 nitrogen and oxygen atoms in total. The number of phosphoric ester groups is 1. The first-order valence-corrected chi connectivity index (χ1v) is 24.5. The zero-order chi connectivity index (χ0) is 41.4. The minimum atomic E-state index is -4.62. The van der Waals surface area contributed by atoms with E-state index in [1.54, 1.807) is 0 Å². The highest BCUT2D eigenvalue weighted by molar-refractivity contribution is 7.45.